The highest BCUT2D eigenvalue weighted by Crippen LogP contribution is 2.27. The number of benzene rings is 3. The summed E-state index contributed by atoms with van der Waals surface area (Å²) in [5, 5.41) is 0. The van der Waals surface area contributed by atoms with E-state index in [1.165, 1.54) is 0 Å². The van der Waals surface area contributed by atoms with E-state index in [4.69, 9.17) is 0 Å². The van der Waals surface area contributed by atoms with Gasteiger partial charge in [-0.05, 0) is 34.7 Å². The Morgan fingerprint density at radius 1 is 0.643 bits per heavy atom. The molecule has 0 saturated heterocycles. The maximum absolute atomic E-state index is 12.7. The topological polar surface area (TPSA) is 34.1 Å². The van der Waals surface area contributed by atoms with Crippen LogP contribution >= 0.6 is 15.9 Å². The minimum atomic E-state index is -0.0967. The van der Waals surface area contributed by atoms with Gasteiger partial charge in [0.1, 0.15) is 11.6 Å². The van der Waals surface area contributed by atoms with E-state index in [0.717, 1.165) is 21.2 Å². The van der Waals surface area contributed by atoms with Crippen LogP contribution < -0.4 is 0 Å². The molecule has 3 heteroatoms. The Bertz CT molecular complexity index is 847. The second kappa shape index (κ2) is 10.1. The molecule has 0 fully saturated rings. The summed E-state index contributed by atoms with van der Waals surface area (Å²) in [5.74, 6) is 0.221. The van der Waals surface area contributed by atoms with E-state index in [0.29, 0.717) is 25.7 Å². The van der Waals surface area contributed by atoms with Crippen LogP contribution in [0.3, 0.4) is 0 Å². The lowest BCUT2D eigenvalue weighted by Gasteiger charge is -2.17. The van der Waals surface area contributed by atoms with E-state index >= 15 is 0 Å². The molecule has 0 spiro atoms. The zero-order valence-corrected chi connectivity index (χ0v) is 17.3. The molecule has 3 rings (SSSR count). The highest BCUT2D eigenvalue weighted by Gasteiger charge is 2.20. The molecule has 0 aliphatic heterocycles. The first kappa shape index (κ1) is 20.2. The number of carbonyl (C=O) groups is 2. The molecule has 3 aromatic rings. The predicted octanol–water partition coefficient (Wildman–Crippen LogP) is 5.94. The summed E-state index contributed by atoms with van der Waals surface area (Å²) in [6, 6.07) is 27.5. The third-order valence-corrected chi connectivity index (χ3v) is 5.31. The van der Waals surface area contributed by atoms with Crippen molar-refractivity contribution in [3.8, 4) is 0 Å². The minimum absolute atomic E-state index is 0.0967. The number of carbonyl (C=O) groups excluding carboxylic acids is 2. The summed E-state index contributed by atoms with van der Waals surface area (Å²) in [6.45, 7) is 0. The Morgan fingerprint density at radius 3 is 1.50 bits per heavy atom. The monoisotopic (exact) mass is 434 g/mol. The van der Waals surface area contributed by atoms with Crippen molar-refractivity contribution < 1.29 is 9.59 Å². The third kappa shape index (κ3) is 6.28. The first-order chi connectivity index (χ1) is 13.6. The average molecular weight is 435 g/mol. The van der Waals surface area contributed by atoms with Crippen molar-refractivity contribution >= 4 is 27.5 Å². The Morgan fingerprint density at radius 2 is 1.07 bits per heavy atom. The fraction of sp³-hybridized carbons (Fsp3) is 0.200. The molecule has 3 aromatic carbocycles. The van der Waals surface area contributed by atoms with Gasteiger partial charge in [0.25, 0.3) is 0 Å². The molecule has 28 heavy (non-hydrogen) atoms. The Kier molecular flexibility index (Phi) is 7.32. The lowest BCUT2D eigenvalue weighted by atomic mass is 9.86. The molecule has 2 nitrogen and oxygen atoms in total. The van der Waals surface area contributed by atoms with Crippen LogP contribution in [0.25, 0.3) is 0 Å². The fourth-order valence-electron chi connectivity index (χ4n) is 3.38. The molecule has 0 N–H and O–H groups in total. The van der Waals surface area contributed by atoms with E-state index in [-0.39, 0.29) is 17.5 Å². The summed E-state index contributed by atoms with van der Waals surface area (Å²) in [7, 11) is 0. The van der Waals surface area contributed by atoms with Crippen LogP contribution in [0.2, 0.25) is 0 Å². The molecule has 0 amide bonds. The smallest absolute Gasteiger partial charge is 0.137 e. The van der Waals surface area contributed by atoms with Gasteiger partial charge in [0.2, 0.25) is 0 Å². The van der Waals surface area contributed by atoms with Crippen molar-refractivity contribution in [3.05, 3.63) is 106 Å². The normalized spacial score (nSPS) is 10.8. The number of Topliss-reactive ketones (excluding diaryl/α,β-unsaturated/α-hetero) is 2. The van der Waals surface area contributed by atoms with Crippen molar-refractivity contribution in [3.63, 3.8) is 0 Å². The molecule has 0 atom stereocenters. The van der Waals surface area contributed by atoms with Crippen LogP contribution in [-0.4, -0.2) is 11.6 Å². The fourth-order valence-corrected chi connectivity index (χ4v) is 3.65. The van der Waals surface area contributed by atoms with Crippen molar-refractivity contribution in [2.75, 3.05) is 0 Å². The van der Waals surface area contributed by atoms with Gasteiger partial charge in [-0.15, -0.1) is 0 Å². The van der Waals surface area contributed by atoms with E-state index < -0.39 is 0 Å². The third-order valence-electron chi connectivity index (χ3n) is 4.78. The zero-order valence-electron chi connectivity index (χ0n) is 15.7. The van der Waals surface area contributed by atoms with Gasteiger partial charge in [0.15, 0.2) is 0 Å². The second-order valence-corrected chi connectivity index (χ2v) is 7.97. The van der Waals surface area contributed by atoms with Crippen LogP contribution in [0, 0.1) is 0 Å². The highest BCUT2D eigenvalue weighted by molar-refractivity contribution is 9.10. The quantitative estimate of drug-likeness (QED) is 0.417. The molecule has 0 radical (unpaired) electrons. The maximum atomic E-state index is 12.7. The number of hydrogen-bond donors (Lipinski definition) is 0. The van der Waals surface area contributed by atoms with Crippen LogP contribution in [0.1, 0.15) is 35.4 Å². The molecule has 0 unspecified atom stereocenters. The molecule has 142 valence electrons. The largest absolute Gasteiger partial charge is 0.299 e. The van der Waals surface area contributed by atoms with Crippen LogP contribution in [-0.2, 0) is 22.4 Å². The van der Waals surface area contributed by atoms with E-state index in [1.54, 1.807) is 0 Å². The van der Waals surface area contributed by atoms with Crippen molar-refractivity contribution in [2.45, 2.75) is 31.6 Å². The lowest BCUT2D eigenvalue weighted by molar-refractivity contribution is -0.120. The van der Waals surface area contributed by atoms with E-state index in [9.17, 15) is 9.59 Å². The number of halogens is 1. The van der Waals surface area contributed by atoms with Crippen LogP contribution in [0.15, 0.2) is 89.4 Å². The lowest BCUT2D eigenvalue weighted by Crippen LogP contribution is -2.15. The Labute approximate surface area is 174 Å². The summed E-state index contributed by atoms with van der Waals surface area (Å²) >= 11 is 3.45. The van der Waals surface area contributed by atoms with Gasteiger partial charge < -0.3 is 0 Å². The number of rotatable bonds is 9. The second-order valence-electron chi connectivity index (χ2n) is 7.06. The molecule has 0 heterocycles. The van der Waals surface area contributed by atoms with Gasteiger partial charge in [-0.25, -0.2) is 0 Å². The number of ketones is 2. The average Bonchev–Trinajstić information content (AvgIpc) is 2.69. The molecule has 0 bridgehead atoms. The SMILES string of the molecule is O=C(Cc1ccccc1)CC(CC(=O)Cc1ccccc1)c1ccc(Br)cc1. The van der Waals surface area contributed by atoms with Crippen molar-refractivity contribution in [1.82, 2.24) is 0 Å². The first-order valence-electron chi connectivity index (χ1n) is 9.47. The molecule has 0 aliphatic carbocycles. The van der Waals surface area contributed by atoms with Gasteiger partial charge in [0.05, 0.1) is 0 Å². The van der Waals surface area contributed by atoms with E-state index in [2.05, 4.69) is 15.9 Å². The molecule has 0 saturated carbocycles. The van der Waals surface area contributed by atoms with Crippen molar-refractivity contribution in [2.24, 2.45) is 0 Å². The summed E-state index contributed by atoms with van der Waals surface area (Å²) < 4.78 is 0.987. The van der Waals surface area contributed by atoms with Crippen LogP contribution in [0.5, 0.6) is 0 Å². The van der Waals surface area contributed by atoms with Gasteiger partial charge in [-0.1, -0.05) is 88.7 Å². The van der Waals surface area contributed by atoms with Gasteiger partial charge >= 0.3 is 0 Å². The van der Waals surface area contributed by atoms with Gasteiger partial charge in [-0.2, -0.15) is 0 Å². The first-order valence-corrected chi connectivity index (χ1v) is 10.3. The summed E-state index contributed by atoms with van der Waals surface area (Å²) in [6.07, 6.45) is 1.55. The molecular weight excluding hydrogens is 412 g/mol. The highest BCUT2D eigenvalue weighted by atomic mass is 79.9. The standard InChI is InChI=1S/C25H23BrO2/c26-23-13-11-21(12-14-23)22(17-24(27)15-19-7-3-1-4-8-19)18-25(28)16-20-9-5-2-6-10-20/h1-14,22H,15-18H2. The summed E-state index contributed by atoms with van der Waals surface area (Å²) in [5.41, 5.74) is 3.06. The van der Waals surface area contributed by atoms with Gasteiger partial charge in [0, 0.05) is 30.2 Å². The Balaban J connectivity index is 1.70. The molecule has 0 aliphatic rings. The Hall–Kier alpha value is -2.52. The molecular formula is C25H23BrO2. The van der Waals surface area contributed by atoms with Crippen LogP contribution in [0.4, 0.5) is 0 Å². The summed E-state index contributed by atoms with van der Waals surface area (Å²) in [4.78, 5) is 25.4. The molecule has 0 aromatic heterocycles. The number of hydrogen-bond acceptors (Lipinski definition) is 2. The minimum Gasteiger partial charge on any atom is -0.299 e. The van der Waals surface area contributed by atoms with E-state index in [1.807, 2.05) is 84.9 Å². The van der Waals surface area contributed by atoms with Gasteiger partial charge in [-0.3, -0.25) is 9.59 Å². The predicted molar refractivity (Wildman–Crippen MR) is 116 cm³/mol. The maximum Gasteiger partial charge on any atom is 0.137 e. The van der Waals surface area contributed by atoms with Crippen molar-refractivity contribution in [1.29, 1.82) is 0 Å². The zero-order chi connectivity index (χ0) is 19.8.